The van der Waals surface area contributed by atoms with E-state index in [0.29, 0.717) is 0 Å². The number of carboxylic acid groups (broad SMARTS) is 2. The first-order valence-electron chi connectivity index (χ1n) is 6.46. The van der Waals surface area contributed by atoms with Crippen LogP contribution in [0.15, 0.2) is 18.2 Å². The summed E-state index contributed by atoms with van der Waals surface area (Å²) in [4.78, 5) is 22.0. The minimum absolute atomic E-state index is 0.169. The molecular weight excluding hydrogens is 244 g/mol. The van der Waals surface area contributed by atoms with Crippen molar-refractivity contribution in [2.75, 3.05) is 0 Å². The summed E-state index contributed by atoms with van der Waals surface area (Å²) in [5.74, 6) is -1.94. The smallest absolute Gasteiger partial charge is 0.304 e. The van der Waals surface area contributed by atoms with Gasteiger partial charge in [0.2, 0.25) is 0 Å². The predicted molar refractivity (Wildman–Crippen MR) is 70.3 cm³/mol. The number of fused-ring (bicyclic) bond motifs is 1. The highest BCUT2D eigenvalue weighted by atomic mass is 16.4. The quantitative estimate of drug-likeness (QED) is 0.854. The molecule has 0 aromatic heterocycles. The van der Waals surface area contributed by atoms with Crippen LogP contribution in [0.2, 0.25) is 0 Å². The van der Waals surface area contributed by atoms with E-state index in [0.717, 1.165) is 24.8 Å². The summed E-state index contributed by atoms with van der Waals surface area (Å²) in [5.41, 5.74) is 2.50. The SMILES string of the molecule is CC(CC(=O)O)(CC(=O)O)c1ccc2c(c1)CCC2. The Hall–Kier alpha value is -1.84. The molecule has 0 aliphatic heterocycles. The molecule has 0 spiro atoms. The van der Waals surface area contributed by atoms with Crippen molar-refractivity contribution >= 4 is 11.9 Å². The lowest BCUT2D eigenvalue weighted by Crippen LogP contribution is -2.29. The maximum absolute atomic E-state index is 11.0. The Kier molecular flexibility index (Phi) is 3.60. The number of aryl methyl sites for hydroxylation is 2. The lowest BCUT2D eigenvalue weighted by Gasteiger charge is -2.27. The summed E-state index contributed by atoms with van der Waals surface area (Å²) in [7, 11) is 0. The Bertz CT molecular complexity index is 503. The van der Waals surface area contributed by atoms with Gasteiger partial charge >= 0.3 is 11.9 Å². The Morgan fingerprint density at radius 3 is 2.26 bits per heavy atom. The van der Waals surface area contributed by atoms with Crippen molar-refractivity contribution in [3.05, 3.63) is 34.9 Å². The molecule has 0 saturated heterocycles. The van der Waals surface area contributed by atoms with Crippen molar-refractivity contribution in [1.82, 2.24) is 0 Å². The Labute approximate surface area is 112 Å². The molecule has 0 heterocycles. The van der Waals surface area contributed by atoms with Crippen LogP contribution in [0.25, 0.3) is 0 Å². The molecule has 0 amide bonds. The van der Waals surface area contributed by atoms with Gasteiger partial charge in [-0.3, -0.25) is 9.59 Å². The average Bonchev–Trinajstić information content (AvgIpc) is 2.73. The molecule has 1 aromatic rings. The topological polar surface area (TPSA) is 74.6 Å². The fourth-order valence-corrected chi connectivity index (χ4v) is 2.88. The van der Waals surface area contributed by atoms with Crippen LogP contribution in [0, 0.1) is 0 Å². The maximum Gasteiger partial charge on any atom is 0.304 e. The highest BCUT2D eigenvalue weighted by Gasteiger charge is 2.33. The monoisotopic (exact) mass is 262 g/mol. The van der Waals surface area contributed by atoms with Gasteiger partial charge in [-0.2, -0.15) is 0 Å². The van der Waals surface area contributed by atoms with Gasteiger partial charge in [0.05, 0.1) is 12.8 Å². The number of carbonyl (C=O) groups is 2. The van der Waals surface area contributed by atoms with Crippen LogP contribution in [0.5, 0.6) is 0 Å². The Morgan fingerprint density at radius 1 is 1.11 bits per heavy atom. The summed E-state index contributed by atoms with van der Waals surface area (Å²) in [6, 6.07) is 5.89. The molecule has 4 heteroatoms. The van der Waals surface area contributed by atoms with Gasteiger partial charge < -0.3 is 10.2 Å². The summed E-state index contributed by atoms with van der Waals surface area (Å²) in [6.07, 6.45) is 2.84. The van der Waals surface area contributed by atoms with Crippen molar-refractivity contribution in [3.8, 4) is 0 Å². The second-order valence-corrected chi connectivity index (χ2v) is 5.54. The molecule has 1 aliphatic carbocycles. The summed E-state index contributed by atoms with van der Waals surface area (Å²) in [6.45, 7) is 1.71. The van der Waals surface area contributed by atoms with E-state index in [2.05, 4.69) is 0 Å². The van der Waals surface area contributed by atoms with Gasteiger partial charge in [-0.1, -0.05) is 25.1 Å². The predicted octanol–water partition coefficient (Wildman–Crippen LogP) is 2.38. The molecular formula is C15H18O4. The molecule has 1 aliphatic rings. The number of carboxylic acids is 2. The molecule has 4 nitrogen and oxygen atoms in total. The van der Waals surface area contributed by atoms with E-state index in [4.69, 9.17) is 10.2 Å². The number of rotatable bonds is 5. The van der Waals surface area contributed by atoms with Gasteiger partial charge in [-0.05, 0) is 36.0 Å². The largest absolute Gasteiger partial charge is 0.481 e. The first kappa shape index (κ1) is 13.6. The number of aliphatic carboxylic acids is 2. The molecule has 102 valence electrons. The average molecular weight is 262 g/mol. The van der Waals surface area contributed by atoms with Crippen molar-refractivity contribution in [2.45, 2.75) is 44.4 Å². The number of hydrogen-bond acceptors (Lipinski definition) is 2. The van der Waals surface area contributed by atoms with Gasteiger partial charge in [-0.25, -0.2) is 0 Å². The van der Waals surface area contributed by atoms with Gasteiger partial charge in [0.1, 0.15) is 0 Å². The third-order valence-electron chi connectivity index (χ3n) is 3.88. The third-order valence-corrected chi connectivity index (χ3v) is 3.88. The van der Waals surface area contributed by atoms with Crippen LogP contribution >= 0.6 is 0 Å². The fraction of sp³-hybridized carbons (Fsp3) is 0.467. The molecule has 2 N–H and O–H groups in total. The minimum Gasteiger partial charge on any atom is -0.481 e. The molecule has 0 fully saturated rings. The van der Waals surface area contributed by atoms with Gasteiger partial charge in [0, 0.05) is 5.41 Å². The molecule has 1 aromatic carbocycles. The zero-order valence-electron chi connectivity index (χ0n) is 11.0. The lowest BCUT2D eigenvalue weighted by molar-refractivity contribution is -0.141. The molecule has 0 unspecified atom stereocenters. The lowest BCUT2D eigenvalue weighted by atomic mass is 9.76. The molecule has 0 radical (unpaired) electrons. The highest BCUT2D eigenvalue weighted by molar-refractivity contribution is 5.74. The minimum atomic E-state index is -0.968. The summed E-state index contributed by atoms with van der Waals surface area (Å²) in [5, 5.41) is 18.0. The molecule has 0 saturated carbocycles. The molecule has 0 atom stereocenters. The molecule has 19 heavy (non-hydrogen) atoms. The maximum atomic E-state index is 11.0. The number of benzene rings is 1. The van der Waals surface area contributed by atoms with Crippen molar-refractivity contribution in [1.29, 1.82) is 0 Å². The van der Waals surface area contributed by atoms with E-state index in [-0.39, 0.29) is 12.8 Å². The number of hydrogen-bond donors (Lipinski definition) is 2. The summed E-state index contributed by atoms with van der Waals surface area (Å²) >= 11 is 0. The third kappa shape index (κ3) is 2.95. The van der Waals surface area contributed by atoms with Crippen LogP contribution in [0.3, 0.4) is 0 Å². The van der Waals surface area contributed by atoms with Gasteiger partial charge in [0.25, 0.3) is 0 Å². The normalized spacial score (nSPS) is 14.2. The van der Waals surface area contributed by atoms with Crippen LogP contribution < -0.4 is 0 Å². The summed E-state index contributed by atoms with van der Waals surface area (Å²) < 4.78 is 0. The fourth-order valence-electron chi connectivity index (χ4n) is 2.88. The van der Waals surface area contributed by atoms with E-state index in [9.17, 15) is 9.59 Å². The van der Waals surface area contributed by atoms with E-state index in [1.165, 1.54) is 11.1 Å². The van der Waals surface area contributed by atoms with Crippen LogP contribution in [0.4, 0.5) is 0 Å². The zero-order chi connectivity index (χ0) is 14.0. The van der Waals surface area contributed by atoms with E-state index in [1.54, 1.807) is 6.92 Å². The Balaban J connectivity index is 2.37. The highest BCUT2D eigenvalue weighted by Crippen LogP contribution is 2.34. The van der Waals surface area contributed by atoms with Crippen molar-refractivity contribution in [2.24, 2.45) is 0 Å². The molecule has 2 rings (SSSR count). The van der Waals surface area contributed by atoms with Crippen molar-refractivity contribution in [3.63, 3.8) is 0 Å². The van der Waals surface area contributed by atoms with Gasteiger partial charge in [-0.15, -0.1) is 0 Å². The van der Waals surface area contributed by atoms with Gasteiger partial charge in [0.15, 0.2) is 0 Å². The standard InChI is InChI=1S/C15H18O4/c1-15(8-13(16)17,9-14(18)19)12-6-5-10-3-2-4-11(10)7-12/h5-7H,2-4,8-9H2,1H3,(H,16,17)(H,18,19). The van der Waals surface area contributed by atoms with Crippen molar-refractivity contribution < 1.29 is 19.8 Å². The van der Waals surface area contributed by atoms with Crippen LogP contribution in [-0.2, 0) is 27.8 Å². The second kappa shape index (κ2) is 5.03. The first-order valence-corrected chi connectivity index (χ1v) is 6.46. The molecule has 0 bridgehead atoms. The Morgan fingerprint density at radius 2 is 1.68 bits per heavy atom. The van der Waals surface area contributed by atoms with E-state index >= 15 is 0 Å². The van der Waals surface area contributed by atoms with Crippen LogP contribution in [-0.4, -0.2) is 22.2 Å². The van der Waals surface area contributed by atoms with Crippen LogP contribution in [0.1, 0.15) is 42.9 Å². The van der Waals surface area contributed by atoms with E-state index < -0.39 is 17.4 Å². The zero-order valence-corrected chi connectivity index (χ0v) is 11.0. The first-order chi connectivity index (χ1) is 8.90. The second-order valence-electron chi connectivity index (χ2n) is 5.54. The van der Waals surface area contributed by atoms with E-state index in [1.807, 2.05) is 18.2 Å².